The number of carbonyl (C=O) groups excluding carboxylic acids is 2. The molecule has 2 amide bonds. The van der Waals surface area contributed by atoms with Gasteiger partial charge in [-0.3, -0.25) is 14.5 Å². The summed E-state index contributed by atoms with van der Waals surface area (Å²) in [6, 6.07) is 2.74. The Bertz CT molecular complexity index is 706. The van der Waals surface area contributed by atoms with E-state index in [0.29, 0.717) is 0 Å². The van der Waals surface area contributed by atoms with Crippen molar-refractivity contribution in [1.82, 2.24) is 4.90 Å². The van der Waals surface area contributed by atoms with Crippen LogP contribution in [0.3, 0.4) is 0 Å². The third-order valence-electron chi connectivity index (χ3n) is 4.37. The average molecular weight is 332 g/mol. The van der Waals surface area contributed by atoms with E-state index in [-0.39, 0.29) is 23.2 Å². The van der Waals surface area contributed by atoms with Crippen molar-refractivity contribution in [2.75, 3.05) is 18.0 Å². The van der Waals surface area contributed by atoms with E-state index in [9.17, 15) is 19.2 Å². The highest BCUT2D eigenvalue weighted by Gasteiger charge is 2.43. The number of anilines is 1. The lowest BCUT2D eigenvalue weighted by atomic mass is 10.1. The molecule has 8 heteroatoms. The molecule has 0 bridgehead atoms. The Kier molecular flexibility index (Phi) is 4.06. The van der Waals surface area contributed by atoms with E-state index in [1.807, 2.05) is 4.90 Å². The van der Waals surface area contributed by atoms with Crippen LogP contribution in [-0.4, -0.2) is 58.0 Å². The van der Waals surface area contributed by atoms with E-state index in [0.717, 1.165) is 49.0 Å². The number of amides is 2. The van der Waals surface area contributed by atoms with E-state index in [2.05, 4.69) is 0 Å². The molecule has 2 aliphatic heterocycles. The van der Waals surface area contributed by atoms with Crippen LogP contribution in [0.25, 0.3) is 0 Å². The normalized spacial score (nSPS) is 21.5. The van der Waals surface area contributed by atoms with Gasteiger partial charge in [-0.2, -0.15) is 0 Å². The minimum absolute atomic E-state index is 0.0102. The summed E-state index contributed by atoms with van der Waals surface area (Å²) in [6.07, 6.45) is 1.96. The van der Waals surface area contributed by atoms with Gasteiger partial charge in [-0.1, -0.05) is 0 Å². The number of likely N-dealkylation sites (tertiary alicyclic amines) is 1. The molecule has 2 aliphatic rings. The van der Waals surface area contributed by atoms with Crippen molar-refractivity contribution in [2.24, 2.45) is 0 Å². The Morgan fingerprint density at radius 2 is 1.50 bits per heavy atom. The first-order valence-electron chi connectivity index (χ1n) is 7.61. The second kappa shape index (κ2) is 6.04. The fourth-order valence-corrected chi connectivity index (χ4v) is 3.21. The summed E-state index contributed by atoms with van der Waals surface area (Å²) >= 11 is 0. The molecule has 2 fully saturated rings. The van der Waals surface area contributed by atoms with Crippen molar-refractivity contribution in [2.45, 2.75) is 25.3 Å². The Morgan fingerprint density at radius 1 is 0.958 bits per heavy atom. The predicted molar refractivity (Wildman–Crippen MR) is 82.1 cm³/mol. The number of aromatic carboxylic acids is 2. The lowest BCUT2D eigenvalue weighted by molar-refractivity contribution is -0.122. The smallest absolute Gasteiger partial charge is 0.335 e. The highest BCUT2D eigenvalue weighted by Crippen LogP contribution is 2.29. The SMILES string of the molecule is O=C(O)c1cc(C(=O)O)cc(N2C(=O)CC(N3CCCC3)C2=O)c1. The third kappa shape index (κ3) is 2.76. The zero-order chi connectivity index (χ0) is 17.4. The molecule has 0 spiro atoms. The summed E-state index contributed by atoms with van der Waals surface area (Å²) in [5.41, 5.74) is -0.575. The second-order valence-electron chi connectivity index (χ2n) is 5.91. The summed E-state index contributed by atoms with van der Waals surface area (Å²) in [5, 5.41) is 18.3. The molecule has 0 aliphatic carbocycles. The fraction of sp³-hybridized carbons (Fsp3) is 0.375. The number of rotatable bonds is 4. The largest absolute Gasteiger partial charge is 0.478 e. The molecule has 1 aromatic carbocycles. The van der Waals surface area contributed by atoms with Gasteiger partial charge in [0.2, 0.25) is 5.91 Å². The quantitative estimate of drug-likeness (QED) is 0.784. The van der Waals surface area contributed by atoms with E-state index in [1.54, 1.807) is 0 Å². The van der Waals surface area contributed by atoms with Gasteiger partial charge >= 0.3 is 11.9 Å². The molecule has 8 nitrogen and oxygen atoms in total. The van der Waals surface area contributed by atoms with Crippen LogP contribution >= 0.6 is 0 Å². The highest BCUT2D eigenvalue weighted by atomic mass is 16.4. The first kappa shape index (κ1) is 16.1. The molecular formula is C16H16N2O6. The monoisotopic (exact) mass is 332 g/mol. The van der Waals surface area contributed by atoms with Gasteiger partial charge in [0.15, 0.2) is 0 Å². The third-order valence-corrected chi connectivity index (χ3v) is 4.37. The van der Waals surface area contributed by atoms with Gasteiger partial charge in [-0.05, 0) is 44.1 Å². The molecule has 126 valence electrons. The van der Waals surface area contributed by atoms with Crippen LogP contribution < -0.4 is 4.90 Å². The molecule has 0 aromatic heterocycles. The zero-order valence-corrected chi connectivity index (χ0v) is 12.8. The summed E-state index contributed by atoms with van der Waals surface area (Å²) in [6.45, 7) is 1.49. The molecular weight excluding hydrogens is 316 g/mol. The maximum atomic E-state index is 12.6. The van der Waals surface area contributed by atoms with E-state index >= 15 is 0 Å². The molecule has 0 radical (unpaired) electrons. The van der Waals surface area contributed by atoms with Crippen molar-refractivity contribution in [3.8, 4) is 0 Å². The molecule has 3 rings (SSSR count). The molecule has 0 saturated carbocycles. The van der Waals surface area contributed by atoms with Crippen molar-refractivity contribution in [1.29, 1.82) is 0 Å². The van der Waals surface area contributed by atoms with Crippen molar-refractivity contribution >= 4 is 29.4 Å². The first-order valence-corrected chi connectivity index (χ1v) is 7.61. The molecule has 24 heavy (non-hydrogen) atoms. The van der Waals surface area contributed by atoms with Crippen LogP contribution in [0.2, 0.25) is 0 Å². The average Bonchev–Trinajstić information content (AvgIpc) is 3.14. The predicted octanol–water partition coefficient (Wildman–Crippen LogP) is 0.811. The number of carboxylic acid groups (broad SMARTS) is 2. The number of nitrogens with zero attached hydrogens (tertiary/aromatic N) is 2. The van der Waals surface area contributed by atoms with Gasteiger partial charge in [-0.25, -0.2) is 14.5 Å². The number of hydrogen-bond acceptors (Lipinski definition) is 5. The van der Waals surface area contributed by atoms with Gasteiger partial charge in [-0.15, -0.1) is 0 Å². The lowest BCUT2D eigenvalue weighted by Gasteiger charge is -2.22. The summed E-state index contributed by atoms with van der Waals surface area (Å²) in [5.74, 6) is -3.53. The van der Waals surface area contributed by atoms with Gasteiger partial charge in [0.1, 0.15) is 0 Å². The van der Waals surface area contributed by atoms with E-state index in [1.165, 1.54) is 0 Å². The lowest BCUT2D eigenvalue weighted by Crippen LogP contribution is -2.40. The first-order chi connectivity index (χ1) is 11.4. The maximum Gasteiger partial charge on any atom is 0.335 e. The van der Waals surface area contributed by atoms with Gasteiger partial charge < -0.3 is 10.2 Å². The van der Waals surface area contributed by atoms with E-state index < -0.39 is 29.8 Å². The van der Waals surface area contributed by atoms with Crippen LogP contribution in [0.5, 0.6) is 0 Å². The van der Waals surface area contributed by atoms with Gasteiger partial charge in [0.05, 0.1) is 29.3 Å². The van der Waals surface area contributed by atoms with Crippen molar-refractivity contribution < 1.29 is 29.4 Å². The van der Waals surface area contributed by atoms with Crippen LogP contribution in [-0.2, 0) is 9.59 Å². The molecule has 2 saturated heterocycles. The Morgan fingerprint density at radius 3 is 2.00 bits per heavy atom. The molecule has 1 atom stereocenters. The molecule has 1 unspecified atom stereocenters. The fourth-order valence-electron chi connectivity index (χ4n) is 3.21. The minimum Gasteiger partial charge on any atom is -0.478 e. The molecule has 2 heterocycles. The highest BCUT2D eigenvalue weighted by molar-refractivity contribution is 6.22. The van der Waals surface area contributed by atoms with Gasteiger partial charge in [0.25, 0.3) is 5.91 Å². The van der Waals surface area contributed by atoms with Gasteiger partial charge in [0, 0.05) is 0 Å². The second-order valence-corrected chi connectivity index (χ2v) is 5.91. The van der Waals surface area contributed by atoms with Crippen molar-refractivity contribution in [3.05, 3.63) is 29.3 Å². The number of carboxylic acids is 2. The maximum absolute atomic E-state index is 12.6. The summed E-state index contributed by atoms with van der Waals surface area (Å²) < 4.78 is 0. The number of carbonyl (C=O) groups is 4. The van der Waals surface area contributed by atoms with Crippen LogP contribution in [0.4, 0.5) is 5.69 Å². The van der Waals surface area contributed by atoms with Crippen LogP contribution in [0.1, 0.15) is 40.0 Å². The Hall–Kier alpha value is -2.74. The Balaban J connectivity index is 1.98. The molecule has 1 aromatic rings. The summed E-state index contributed by atoms with van der Waals surface area (Å²) in [7, 11) is 0. The molecule has 2 N–H and O–H groups in total. The number of imide groups is 1. The van der Waals surface area contributed by atoms with Crippen LogP contribution in [0, 0.1) is 0 Å². The zero-order valence-electron chi connectivity index (χ0n) is 12.8. The van der Waals surface area contributed by atoms with Crippen molar-refractivity contribution in [3.63, 3.8) is 0 Å². The number of benzene rings is 1. The number of hydrogen-bond donors (Lipinski definition) is 2. The topological polar surface area (TPSA) is 115 Å². The Labute approximate surface area is 137 Å². The standard InChI is InChI=1S/C16H16N2O6/c19-13-8-12(17-3-1-2-4-17)14(20)18(13)11-6-9(15(21)22)5-10(7-11)16(23)24/h5-7,12H,1-4,8H2,(H,21,22)(H,23,24). The van der Waals surface area contributed by atoms with E-state index in [4.69, 9.17) is 10.2 Å². The minimum atomic E-state index is -1.32. The van der Waals surface area contributed by atoms with Crippen LogP contribution in [0.15, 0.2) is 18.2 Å². The summed E-state index contributed by atoms with van der Waals surface area (Å²) in [4.78, 5) is 50.2.